The first-order valence-corrected chi connectivity index (χ1v) is 4.65. The van der Waals surface area contributed by atoms with Crippen molar-refractivity contribution < 1.29 is 9.53 Å². The summed E-state index contributed by atoms with van der Waals surface area (Å²) in [6.45, 7) is 2.24. The van der Waals surface area contributed by atoms with Crippen LogP contribution in [0.3, 0.4) is 0 Å². The molecule has 1 aromatic rings. The zero-order valence-electron chi connectivity index (χ0n) is 7.29. The molecule has 1 rings (SSSR count). The van der Waals surface area contributed by atoms with Crippen LogP contribution in [0.2, 0.25) is 0 Å². The summed E-state index contributed by atoms with van der Waals surface area (Å²) >= 11 is 1.62. The third-order valence-electron chi connectivity index (χ3n) is 1.44. The quantitative estimate of drug-likeness (QED) is 0.715. The van der Waals surface area contributed by atoms with Gasteiger partial charge in [-0.05, 0) is 23.9 Å². The van der Waals surface area contributed by atoms with E-state index in [2.05, 4.69) is 0 Å². The highest BCUT2D eigenvalue weighted by Crippen LogP contribution is 2.15. The molecule has 3 heteroatoms. The summed E-state index contributed by atoms with van der Waals surface area (Å²) in [4.78, 5) is 11.9. The van der Waals surface area contributed by atoms with Gasteiger partial charge in [-0.25, -0.2) is 0 Å². The summed E-state index contributed by atoms with van der Waals surface area (Å²) in [6, 6.07) is 2.02. The Hall–Kier alpha value is -0.670. The number of carbonyl (C=O) groups excluding carboxylic acids is 1. The Morgan fingerprint density at radius 2 is 2.42 bits per heavy atom. The molecule has 12 heavy (non-hydrogen) atoms. The van der Waals surface area contributed by atoms with Gasteiger partial charge in [-0.1, -0.05) is 0 Å². The molecular formula is C9H12O2S. The highest BCUT2D eigenvalue weighted by atomic mass is 32.1. The van der Waals surface area contributed by atoms with Gasteiger partial charge >= 0.3 is 0 Å². The number of hydrogen-bond donors (Lipinski definition) is 0. The molecule has 0 N–H and O–H groups in total. The largest absolute Gasteiger partial charge is 0.380 e. The van der Waals surface area contributed by atoms with Crippen LogP contribution in [-0.2, 0) is 22.6 Å². The lowest BCUT2D eigenvalue weighted by Crippen LogP contribution is -1.92. The highest BCUT2D eigenvalue weighted by molar-refractivity contribution is 7.10. The number of ketones is 1. The van der Waals surface area contributed by atoms with E-state index in [4.69, 9.17) is 4.74 Å². The molecule has 0 bridgehead atoms. The number of carbonyl (C=O) groups is 1. The molecule has 0 atom stereocenters. The summed E-state index contributed by atoms with van der Waals surface area (Å²) < 4.78 is 4.97. The molecule has 0 aliphatic rings. The van der Waals surface area contributed by atoms with Crippen molar-refractivity contribution in [2.24, 2.45) is 0 Å². The van der Waals surface area contributed by atoms with Gasteiger partial charge in [-0.15, -0.1) is 11.3 Å². The molecule has 1 aromatic heterocycles. The fourth-order valence-corrected chi connectivity index (χ4v) is 1.95. The van der Waals surface area contributed by atoms with E-state index < -0.39 is 0 Å². The lowest BCUT2D eigenvalue weighted by Gasteiger charge is -1.91. The van der Waals surface area contributed by atoms with Crippen LogP contribution in [0.4, 0.5) is 0 Å². The number of thiophene rings is 1. The third kappa shape index (κ3) is 2.75. The second-order valence-electron chi connectivity index (χ2n) is 2.73. The first-order chi connectivity index (χ1) is 5.72. The van der Waals surface area contributed by atoms with E-state index in [9.17, 15) is 4.79 Å². The average Bonchev–Trinajstić information content (AvgIpc) is 2.36. The zero-order valence-corrected chi connectivity index (χ0v) is 8.11. The fraction of sp³-hybridized carbons (Fsp3) is 0.444. The zero-order chi connectivity index (χ0) is 8.97. The molecule has 0 aliphatic heterocycles. The molecule has 0 unspecified atom stereocenters. The van der Waals surface area contributed by atoms with E-state index in [1.807, 2.05) is 11.4 Å². The van der Waals surface area contributed by atoms with Gasteiger partial charge in [0.25, 0.3) is 0 Å². The Morgan fingerprint density at radius 1 is 1.67 bits per heavy atom. The van der Waals surface area contributed by atoms with Crippen molar-refractivity contribution >= 4 is 17.1 Å². The van der Waals surface area contributed by atoms with Gasteiger partial charge in [-0.2, -0.15) is 0 Å². The molecule has 1 heterocycles. The van der Waals surface area contributed by atoms with Crippen molar-refractivity contribution in [3.05, 3.63) is 21.9 Å². The Kier molecular flexibility index (Phi) is 3.44. The lowest BCUT2D eigenvalue weighted by molar-refractivity contribution is -0.116. The van der Waals surface area contributed by atoms with Gasteiger partial charge < -0.3 is 4.74 Å². The molecule has 2 nitrogen and oxygen atoms in total. The molecule has 0 radical (unpaired) electrons. The third-order valence-corrected chi connectivity index (χ3v) is 2.43. The van der Waals surface area contributed by atoms with E-state index in [0.717, 1.165) is 10.4 Å². The molecular weight excluding hydrogens is 172 g/mol. The second-order valence-corrected chi connectivity index (χ2v) is 3.73. The smallest absolute Gasteiger partial charge is 0.135 e. The maximum absolute atomic E-state index is 10.8. The van der Waals surface area contributed by atoms with Crippen LogP contribution in [-0.4, -0.2) is 12.9 Å². The van der Waals surface area contributed by atoms with Crippen molar-refractivity contribution in [3.63, 3.8) is 0 Å². The summed E-state index contributed by atoms with van der Waals surface area (Å²) in [5, 5.41) is 2.03. The summed E-state index contributed by atoms with van der Waals surface area (Å²) in [5.74, 6) is 0.209. The first-order valence-electron chi connectivity index (χ1n) is 3.77. The summed E-state index contributed by atoms with van der Waals surface area (Å²) in [5.41, 5.74) is 1.15. The molecule has 0 saturated heterocycles. The molecule has 0 spiro atoms. The van der Waals surface area contributed by atoms with Crippen molar-refractivity contribution in [1.82, 2.24) is 0 Å². The molecule has 0 aromatic carbocycles. The summed E-state index contributed by atoms with van der Waals surface area (Å²) in [7, 11) is 1.67. The monoisotopic (exact) mass is 184 g/mol. The Bertz CT molecular complexity index is 265. The van der Waals surface area contributed by atoms with Crippen molar-refractivity contribution in [2.45, 2.75) is 20.0 Å². The molecule has 0 amide bonds. The number of Topliss-reactive ketones (excluding diaryl/α,β-unsaturated/α-hetero) is 1. The minimum atomic E-state index is 0.209. The standard InChI is InChI=1S/C9H12O2S/c1-7(10)3-9-4-8(5-11-2)6-12-9/h4,6H,3,5H2,1-2H3. The lowest BCUT2D eigenvalue weighted by atomic mass is 10.2. The van der Waals surface area contributed by atoms with Crippen LogP contribution in [0.25, 0.3) is 0 Å². The SMILES string of the molecule is COCc1csc(CC(C)=O)c1. The van der Waals surface area contributed by atoms with E-state index in [-0.39, 0.29) is 5.78 Å². The Balaban J connectivity index is 2.58. The predicted octanol–water partition coefficient (Wildman–Crippen LogP) is 2.03. The number of rotatable bonds is 4. The van der Waals surface area contributed by atoms with Gasteiger partial charge in [-0.3, -0.25) is 4.79 Å². The second kappa shape index (κ2) is 4.38. The van der Waals surface area contributed by atoms with E-state index in [1.54, 1.807) is 25.4 Å². The topological polar surface area (TPSA) is 26.3 Å². The maximum Gasteiger partial charge on any atom is 0.135 e. The van der Waals surface area contributed by atoms with E-state index in [1.165, 1.54) is 0 Å². The number of methoxy groups -OCH3 is 1. The van der Waals surface area contributed by atoms with Gasteiger partial charge in [0.1, 0.15) is 5.78 Å². The molecule has 0 saturated carbocycles. The minimum absolute atomic E-state index is 0.209. The Morgan fingerprint density at radius 3 is 3.00 bits per heavy atom. The fourth-order valence-electron chi connectivity index (χ4n) is 1.01. The van der Waals surface area contributed by atoms with E-state index in [0.29, 0.717) is 13.0 Å². The van der Waals surface area contributed by atoms with Crippen LogP contribution in [0, 0.1) is 0 Å². The minimum Gasteiger partial charge on any atom is -0.380 e. The van der Waals surface area contributed by atoms with Crippen molar-refractivity contribution in [3.8, 4) is 0 Å². The number of hydrogen-bond acceptors (Lipinski definition) is 3. The Labute approximate surface area is 76.2 Å². The van der Waals surface area contributed by atoms with Crippen LogP contribution in [0.1, 0.15) is 17.4 Å². The maximum atomic E-state index is 10.8. The van der Waals surface area contributed by atoms with Gasteiger partial charge in [0.05, 0.1) is 6.61 Å². The first kappa shape index (κ1) is 9.42. The van der Waals surface area contributed by atoms with Crippen molar-refractivity contribution in [2.75, 3.05) is 7.11 Å². The summed E-state index contributed by atoms with van der Waals surface area (Å²) in [6.07, 6.45) is 0.550. The van der Waals surface area contributed by atoms with Crippen LogP contribution in [0.5, 0.6) is 0 Å². The highest BCUT2D eigenvalue weighted by Gasteiger charge is 2.01. The predicted molar refractivity (Wildman–Crippen MR) is 49.4 cm³/mol. The average molecular weight is 184 g/mol. The molecule has 0 aliphatic carbocycles. The van der Waals surface area contributed by atoms with Gasteiger partial charge in [0.2, 0.25) is 0 Å². The van der Waals surface area contributed by atoms with Crippen LogP contribution < -0.4 is 0 Å². The van der Waals surface area contributed by atoms with Crippen molar-refractivity contribution in [1.29, 1.82) is 0 Å². The van der Waals surface area contributed by atoms with Crippen LogP contribution in [0.15, 0.2) is 11.4 Å². The van der Waals surface area contributed by atoms with Gasteiger partial charge in [0, 0.05) is 18.4 Å². The van der Waals surface area contributed by atoms with Crippen LogP contribution >= 0.6 is 11.3 Å². The van der Waals surface area contributed by atoms with Gasteiger partial charge in [0.15, 0.2) is 0 Å². The normalized spacial score (nSPS) is 10.2. The van der Waals surface area contributed by atoms with E-state index >= 15 is 0 Å². The number of ether oxygens (including phenoxy) is 1. The molecule has 66 valence electrons. The molecule has 0 fully saturated rings.